The van der Waals surface area contributed by atoms with E-state index in [9.17, 15) is 4.39 Å². The molecule has 0 radical (unpaired) electrons. The fraction of sp³-hybridized carbons (Fsp3) is 0.0400. The summed E-state index contributed by atoms with van der Waals surface area (Å²) in [5.41, 5.74) is 7.27. The van der Waals surface area contributed by atoms with Crippen LogP contribution in [0.15, 0.2) is 73.3 Å². The highest BCUT2D eigenvalue weighted by molar-refractivity contribution is 6.00. The Morgan fingerprint density at radius 2 is 1.75 bits per heavy atom. The molecule has 0 saturated heterocycles. The highest BCUT2D eigenvalue weighted by Crippen LogP contribution is 2.34. The molecule has 0 amide bonds. The van der Waals surface area contributed by atoms with Gasteiger partial charge in [-0.3, -0.25) is 15.1 Å². The molecule has 6 nitrogen and oxygen atoms in total. The van der Waals surface area contributed by atoms with E-state index in [0.717, 1.165) is 44.4 Å². The minimum absolute atomic E-state index is 0.304. The lowest BCUT2D eigenvalue weighted by Crippen LogP contribution is -1.87. The van der Waals surface area contributed by atoms with Crippen molar-refractivity contribution in [3.05, 3.63) is 84.7 Å². The Balaban J connectivity index is 1.53. The molecule has 1 aromatic carbocycles. The molecule has 0 atom stereocenters. The number of nitrogens with one attached hydrogen (secondary N) is 2. The van der Waals surface area contributed by atoms with Crippen molar-refractivity contribution in [2.75, 3.05) is 0 Å². The van der Waals surface area contributed by atoms with Crippen LogP contribution in [0.3, 0.4) is 0 Å². The molecule has 0 fully saturated rings. The number of hydrogen-bond donors (Lipinski definition) is 2. The molecular formula is C25H17FN6. The van der Waals surface area contributed by atoms with Gasteiger partial charge in [-0.1, -0.05) is 12.1 Å². The second-order valence-electron chi connectivity index (χ2n) is 7.67. The van der Waals surface area contributed by atoms with E-state index in [4.69, 9.17) is 0 Å². The van der Waals surface area contributed by atoms with E-state index in [-0.39, 0.29) is 5.82 Å². The van der Waals surface area contributed by atoms with Crippen LogP contribution in [0.4, 0.5) is 4.39 Å². The number of nitrogens with zero attached hydrogens (tertiary/aromatic N) is 4. The number of pyridine rings is 3. The monoisotopic (exact) mass is 420 g/mol. The van der Waals surface area contributed by atoms with Gasteiger partial charge in [0.25, 0.3) is 0 Å². The van der Waals surface area contributed by atoms with Gasteiger partial charge < -0.3 is 4.98 Å². The van der Waals surface area contributed by atoms with Gasteiger partial charge >= 0.3 is 0 Å². The van der Waals surface area contributed by atoms with Crippen LogP contribution in [0.25, 0.3) is 55.7 Å². The summed E-state index contributed by atoms with van der Waals surface area (Å²) in [6.45, 7) is 2.05. The average Bonchev–Trinajstić information content (AvgIpc) is 3.43. The SMILES string of the molecule is Cc1ccncc1-c1cnc2[nH]nc(-c3cc4c(-c5ccccc5F)nccc4[nH]3)c2c1. The van der Waals surface area contributed by atoms with Gasteiger partial charge in [0.1, 0.15) is 11.5 Å². The van der Waals surface area contributed by atoms with Crippen LogP contribution in [0.2, 0.25) is 0 Å². The van der Waals surface area contributed by atoms with Crippen LogP contribution in [0, 0.1) is 12.7 Å². The lowest BCUT2D eigenvalue weighted by Gasteiger charge is -2.04. The van der Waals surface area contributed by atoms with Crippen LogP contribution < -0.4 is 0 Å². The van der Waals surface area contributed by atoms with Gasteiger partial charge in [-0.2, -0.15) is 5.10 Å². The first-order valence-electron chi connectivity index (χ1n) is 10.2. The lowest BCUT2D eigenvalue weighted by molar-refractivity contribution is 0.631. The predicted molar refractivity (Wildman–Crippen MR) is 122 cm³/mol. The predicted octanol–water partition coefficient (Wildman–Crippen LogP) is 5.68. The lowest BCUT2D eigenvalue weighted by atomic mass is 10.0. The van der Waals surface area contributed by atoms with Gasteiger partial charge in [0, 0.05) is 57.8 Å². The second-order valence-corrected chi connectivity index (χ2v) is 7.67. The molecule has 2 N–H and O–H groups in total. The van der Waals surface area contributed by atoms with Crippen molar-refractivity contribution in [2.24, 2.45) is 0 Å². The number of H-pyrrole nitrogens is 2. The van der Waals surface area contributed by atoms with Crippen LogP contribution in [0.1, 0.15) is 5.56 Å². The Kier molecular flexibility index (Phi) is 4.07. The molecule has 0 saturated carbocycles. The second kappa shape index (κ2) is 7.09. The van der Waals surface area contributed by atoms with E-state index in [0.29, 0.717) is 16.9 Å². The summed E-state index contributed by atoms with van der Waals surface area (Å²) in [6, 6.07) is 14.5. The molecule has 0 aliphatic heterocycles. The minimum Gasteiger partial charge on any atom is -0.353 e. The normalized spacial score (nSPS) is 11.4. The van der Waals surface area contributed by atoms with E-state index in [2.05, 4.69) is 36.2 Å². The Morgan fingerprint density at radius 3 is 2.62 bits per heavy atom. The number of rotatable bonds is 3. The molecule has 6 rings (SSSR count). The van der Waals surface area contributed by atoms with Crippen molar-refractivity contribution in [3.63, 3.8) is 0 Å². The largest absolute Gasteiger partial charge is 0.353 e. The molecule has 7 heteroatoms. The van der Waals surface area contributed by atoms with E-state index in [1.54, 1.807) is 30.6 Å². The van der Waals surface area contributed by atoms with Crippen molar-refractivity contribution in [2.45, 2.75) is 6.92 Å². The zero-order valence-electron chi connectivity index (χ0n) is 17.1. The van der Waals surface area contributed by atoms with E-state index in [1.807, 2.05) is 37.5 Å². The zero-order valence-corrected chi connectivity index (χ0v) is 17.1. The van der Waals surface area contributed by atoms with E-state index < -0.39 is 0 Å². The molecule has 5 heterocycles. The van der Waals surface area contributed by atoms with Crippen molar-refractivity contribution in [3.8, 4) is 33.8 Å². The number of fused-ring (bicyclic) bond motifs is 2. The summed E-state index contributed by atoms with van der Waals surface area (Å²) >= 11 is 0. The molecule has 0 aliphatic rings. The van der Waals surface area contributed by atoms with Crippen molar-refractivity contribution >= 4 is 21.9 Å². The maximum absolute atomic E-state index is 14.4. The summed E-state index contributed by atoms with van der Waals surface area (Å²) in [7, 11) is 0. The van der Waals surface area contributed by atoms with E-state index in [1.165, 1.54) is 6.07 Å². The van der Waals surface area contributed by atoms with Crippen LogP contribution >= 0.6 is 0 Å². The van der Waals surface area contributed by atoms with Crippen LogP contribution in [0.5, 0.6) is 0 Å². The van der Waals surface area contributed by atoms with Gasteiger partial charge in [-0.15, -0.1) is 0 Å². The number of aromatic nitrogens is 6. The fourth-order valence-corrected chi connectivity index (χ4v) is 4.07. The topological polar surface area (TPSA) is 83.1 Å². The number of aryl methyl sites for hydroxylation is 1. The molecule has 6 aromatic rings. The molecule has 0 unspecified atom stereocenters. The Morgan fingerprint density at radius 1 is 0.844 bits per heavy atom. The van der Waals surface area contributed by atoms with Crippen LogP contribution in [-0.4, -0.2) is 30.1 Å². The molecule has 0 bridgehead atoms. The third-order valence-corrected chi connectivity index (χ3v) is 5.70. The van der Waals surface area contributed by atoms with Gasteiger partial charge in [0.2, 0.25) is 0 Å². The first-order chi connectivity index (χ1) is 15.7. The van der Waals surface area contributed by atoms with Crippen molar-refractivity contribution in [1.29, 1.82) is 0 Å². The molecule has 0 aliphatic carbocycles. The maximum atomic E-state index is 14.4. The molecule has 5 aromatic heterocycles. The highest BCUT2D eigenvalue weighted by atomic mass is 19.1. The number of halogens is 1. The smallest absolute Gasteiger partial charge is 0.155 e. The van der Waals surface area contributed by atoms with Gasteiger partial charge in [-0.05, 0) is 48.9 Å². The summed E-state index contributed by atoms with van der Waals surface area (Å²) in [6.07, 6.45) is 7.12. The summed E-state index contributed by atoms with van der Waals surface area (Å²) in [4.78, 5) is 16.7. The fourth-order valence-electron chi connectivity index (χ4n) is 4.07. The third kappa shape index (κ3) is 2.86. The summed E-state index contributed by atoms with van der Waals surface area (Å²) in [5, 5.41) is 9.23. The van der Waals surface area contributed by atoms with Crippen molar-refractivity contribution in [1.82, 2.24) is 30.1 Å². The van der Waals surface area contributed by atoms with Gasteiger partial charge in [0.15, 0.2) is 5.65 Å². The van der Waals surface area contributed by atoms with Crippen LogP contribution in [-0.2, 0) is 0 Å². The molecular weight excluding hydrogens is 403 g/mol. The van der Waals surface area contributed by atoms with Gasteiger partial charge in [-0.25, -0.2) is 9.37 Å². The number of benzene rings is 1. The Bertz CT molecular complexity index is 1610. The zero-order chi connectivity index (χ0) is 21.7. The maximum Gasteiger partial charge on any atom is 0.155 e. The average molecular weight is 420 g/mol. The standard InChI is InChI=1S/C25H17FN6/c1-14-6-8-27-13-19(14)15-10-18-24(31-32-25(18)29-12-15)22-11-17-21(30-22)7-9-28-23(17)16-4-2-3-5-20(16)26/h2-13,30H,1H3,(H,29,31,32). The quantitative estimate of drug-likeness (QED) is 0.386. The number of aromatic amines is 2. The Labute approximate surface area is 182 Å². The third-order valence-electron chi connectivity index (χ3n) is 5.70. The summed E-state index contributed by atoms with van der Waals surface area (Å²) < 4.78 is 14.4. The van der Waals surface area contributed by atoms with Crippen molar-refractivity contribution < 1.29 is 4.39 Å². The van der Waals surface area contributed by atoms with E-state index >= 15 is 0 Å². The first kappa shape index (κ1) is 18.4. The first-order valence-corrected chi connectivity index (χ1v) is 10.2. The summed E-state index contributed by atoms with van der Waals surface area (Å²) in [5.74, 6) is -0.304. The minimum atomic E-state index is -0.304. The molecule has 154 valence electrons. The Hall–Kier alpha value is -4.39. The molecule has 0 spiro atoms. The van der Waals surface area contributed by atoms with Gasteiger partial charge in [0.05, 0.1) is 11.4 Å². The highest BCUT2D eigenvalue weighted by Gasteiger charge is 2.17. The molecule has 32 heavy (non-hydrogen) atoms. The number of hydrogen-bond acceptors (Lipinski definition) is 4.